The first kappa shape index (κ1) is 13.4. The molecule has 2 N–H and O–H groups in total. The number of ether oxygens (including phenoxy) is 1. The van der Waals surface area contributed by atoms with Crippen molar-refractivity contribution < 1.29 is 9.84 Å². The lowest BCUT2D eigenvalue weighted by Gasteiger charge is -2.24. The molecule has 3 heteroatoms. The van der Waals surface area contributed by atoms with Gasteiger partial charge in [0.05, 0.1) is 7.11 Å². The van der Waals surface area contributed by atoms with Crippen LogP contribution in [0.25, 0.3) is 0 Å². The summed E-state index contributed by atoms with van der Waals surface area (Å²) in [6.45, 7) is 2.46. The van der Waals surface area contributed by atoms with Gasteiger partial charge in [-0.3, -0.25) is 0 Å². The zero-order valence-electron chi connectivity index (χ0n) is 11.2. The molecule has 0 saturated heterocycles. The molecule has 1 aromatic rings. The molecule has 1 fully saturated rings. The molecule has 3 nitrogen and oxygen atoms in total. The molecule has 0 aromatic heterocycles. The number of hydrogen-bond acceptors (Lipinski definition) is 3. The van der Waals surface area contributed by atoms with Crippen molar-refractivity contribution in [3.05, 3.63) is 29.8 Å². The zero-order chi connectivity index (χ0) is 13.0. The van der Waals surface area contributed by atoms with Gasteiger partial charge in [-0.2, -0.15) is 0 Å². The molecule has 100 valence electrons. The zero-order valence-corrected chi connectivity index (χ0v) is 11.2. The molecule has 0 aliphatic heterocycles. The van der Waals surface area contributed by atoms with Crippen molar-refractivity contribution in [2.75, 3.05) is 13.7 Å². The number of benzene rings is 1. The molecule has 0 bridgehead atoms. The van der Waals surface area contributed by atoms with E-state index in [4.69, 9.17) is 4.74 Å². The fourth-order valence-electron chi connectivity index (χ4n) is 2.80. The monoisotopic (exact) mass is 249 g/mol. The summed E-state index contributed by atoms with van der Waals surface area (Å²) >= 11 is 0. The van der Waals surface area contributed by atoms with E-state index in [1.165, 1.54) is 18.4 Å². The molecule has 1 aliphatic rings. The second-order valence-electron chi connectivity index (χ2n) is 5.15. The summed E-state index contributed by atoms with van der Waals surface area (Å²) in [7, 11) is 1.69. The summed E-state index contributed by atoms with van der Waals surface area (Å²) in [5, 5.41) is 13.0. The lowest BCUT2D eigenvalue weighted by atomic mass is 10.0. The molecule has 18 heavy (non-hydrogen) atoms. The van der Waals surface area contributed by atoms with Crippen LogP contribution in [-0.2, 0) is 0 Å². The largest absolute Gasteiger partial charge is 0.497 e. The first-order valence-electron chi connectivity index (χ1n) is 6.75. The number of methoxy groups -OCH3 is 1. The van der Waals surface area contributed by atoms with Crippen LogP contribution in [0.15, 0.2) is 24.3 Å². The van der Waals surface area contributed by atoms with Crippen LogP contribution in [0.3, 0.4) is 0 Å². The van der Waals surface area contributed by atoms with Crippen LogP contribution in [0.4, 0.5) is 0 Å². The van der Waals surface area contributed by atoms with Gasteiger partial charge in [0.2, 0.25) is 0 Å². The predicted octanol–water partition coefficient (Wildman–Crippen LogP) is 2.51. The van der Waals surface area contributed by atoms with Crippen molar-refractivity contribution in [2.45, 2.75) is 38.3 Å². The number of nitrogens with one attached hydrogen (secondary N) is 1. The first-order valence-corrected chi connectivity index (χ1v) is 6.75. The SMILES string of the molecule is COc1cccc(C(C)NC2CCCC2CO)c1. The van der Waals surface area contributed by atoms with E-state index >= 15 is 0 Å². The minimum Gasteiger partial charge on any atom is -0.497 e. The van der Waals surface area contributed by atoms with Crippen LogP contribution in [0.5, 0.6) is 5.75 Å². The van der Waals surface area contributed by atoms with Crippen LogP contribution in [-0.4, -0.2) is 24.9 Å². The molecule has 3 unspecified atom stereocenters. The van der Waals surface area contributed by atoms with E-state index in [0.29, 0.717) is 18.6 Å². The van der Waals surface area contributed by atoms with Crippen LogP contribution < -0.4 is 10.1 Å². The number of aliphatic hydroxyl groups excluding tert-OH is 1. The summed E-state index contributed by atoms with van der Waals surface area (Å²) in [6, 6.07) is 8.89. The Morgan fingerprint density at radius 2 is 2.28 bits per heavy atom. The highest BCUT2D eigenvalue weighted by molar-refractivity contribution is 5.30. The van der Waals surface area contributed by atoms with Crippen molar-refractivity contribution in [2.24, 2.45) is 5.92 Å². The summed E-state index contributed by atoms with van der Waals surface area (Å²) in [5.41, 5.74) is 1.23. The molecule has 3 atom stereocenters. The molecule has 2 rings (SSSR count). The molecular formula is C15H23NO2. The van der Waals surface area contributed by atoms with Gasteiger partial charge >= 0.3 is 0 Å². The van der Waals surface area contributed by atoms with E-state index < -0.39 is 0 Å². The van der Waals surface area contributed by atoms with Crippen LogP contribution in [0, 0.1) is 5.92 Å². The van der Waals surface area contributed by atoms with Gasteiger partial charge in [-0.15, -0.1) is 0 Å². The van der Waals surface area contributed by atoms with Gasteiger partial charge in [0.1, 0.15) is 5.75 Å². The van der Waals surface area contributed by atoms with Crippen LogP contribution in [0.2, 0.25) is 0 Å². The highest BCUT2D eigenvalue weighted by atomic mass is 16.5. The van der Waals surface area contributed by atoms with Crippen molar-refractivity contribution in [3.8, 4) is 5.75 Å². The van der Waals surface area contributed by atoms with E-state index in [-0.39, 0.29) is 6.04 Å². The van der Waals surface area contributed by atoms with E-state index in [0.717, 1.165) is 12.2 Å². The lowest BCUT2D eigenvalue weighted by molar-refractivity contribution is 0.200. The topological polar surface area (TPSA) is 41.5 Å². The van der Waals surface area contributed by atoms with Gasteiger partial charge in [0.25, 0.3) is 0 Å². The summed E-state index contributed by atoms with van der Waals surface area (Å²) < 4.78 is 5.25. The maximum absolute atomic E-state index is 9.34. The molecule has 1 saturated carbocycles. The number of rotatable bonds is 5. The normalized spacial score (nSPS) is 25.1. The second kappa shape index (κ2) is 6.21. The van der Waals surface area contributed by atoms with Gasteiger partial charge < -0.3 is 15.2 Å². The predicted molar refractivity (Wildman–Crippen MR) is 72.8 cm³/mol. The van der Waals surface area contributed by atoms with Gasteiger partial charge in [0, 0.05) is 18.7 Å². The van der Waals surface area contributed by atoms with Crippen molar-refractivity contribution in [1.29, 1.82) is 0 Å². The average molecular weight is 249 g/mol. The maximum Gasteiger partial charge on any atom is 0.119 e. The Morgan fingerprint density at radius 1 is 1.44 bits per heavy atom. The van der Waals surface area contributed by atoms with Gasteiger partial charge in [-0.1, -0.05) is 18.6 Å². The Labute approximate surface area is 109 Å². The Morgan fingerprint density at radius 3 is 3.00 bits per heavy atom. The molecule has 0 amide bonds. The van der Waals surface area contributed by atoms with Gasteiger partial charge in [-0.05, 0) is 43.4 Å². The third kappa shape index (κ3) is 3.03. The van der Waals surface area contributed by atoms with Crippen molar-refractivity contribution >= 4 is 0 Å². The Bertz CT molecular complexity index is 381. The number of aliphatic hydroxyl groups is 1. The van der Waals surface area contributed by atoms with Crippen LogP contribution in [0.1, 0.15) is 37.8 Å². The highest BCUT2D eigenvalue weighted by Crippen LogP contribution is 2.28. The first-order chi connectivity index (χ1) is 8.74. The Kier molecular flexibility index (Phi) is 4.61. The van der Waals surface area contributed by atoms with E-state index in [9.17, 15) is 5.11 Å². The third-order valence-electron chi connectivity index (χ3n) is 3.95. The molecule has 0 radical (unpaired) electrons. The maximum atomic E-state index is 9.34. The van der Waals surface area contributed by atoms with Crippen molar-refractivity contribution in [1.82, 2.24) is 5.32 Å². The van der Waals surface area contributed by atoms with E-state index in [1.54, 1.807) is 7.11 Å². The van der Waals surface area contributed by atoms with E-state index in [2.05, 4.69) is 24.4 Å². The van der Waals surface area contributed by atoms with E-state index in [1.807, 2.05) is 12.1 Å². The fourth-order valence-corrected chi connectivity index (χ4v) is 2.80. The highest BCUT2D eigenvalue weighted by Gasteiger charge is 2.27. The molecule has 1 aromatic carbocycles. The smallest absolute Gasteiger partial charge is 0.119 e. The standard InChI is InChI=1S/C15H23NO2/c1-11(12-5-3-7-14(9-12)18-2)16-15-8-4-6-13(15)10-17/h3,5,7,9,11,13,15-17H,4,6,8,10H2,1-2H3. The van der Waals surface area contributed by atoms with Gasteiger partial charge in [-0.25, -0.2) is 0 Å². The minimum atomic E-state index is 0.289. The molecule has 0 spiro atoms. The Balaban J connectivity index is 2.00. The summed E-state index contributed by atoms with van der Waals surface area (Å²) in [6.07, 6.45) is 3.52. The second-order valence-corrected chi connectivity index (χ2v) is 5.15. The number of hydrogen-bond donors (Lipinski definition) is 2. The third-order valence-corrected chi connectivity index (χ3v) is 3.95. The molecule has 1 aliphatic carbocycles. The minimum absolute atomic E-state index is 0.289. The quantitative estimate of drug-likeness (QED) is 0.842. The average Bonchev–Trinajstić information content (AvgIpc) is 2.86. The summed E-state index contributed by atoms with van der Waals surface area (Å²) in [5.74, 6) is 1.31. The lowest BCUT2D eigenvalue weighted by Crippen LogP contribution is -2.35. The van der Waals surface area contributed by atoms with Gasteiger partial charge in [0.15, 0.2) is 0 Å². The fraction of sp³-hybridized carbons (Fsp3) is 0.600. The van der Waals surface area contributed by atoms with Crippen LogP contribution >= 0.6 is 0 Å². The summed E-state index contributed by atoms with van der Waals surface area (Å²) in [4.78, 5) is 0. The molecular weight excluding hydrogens is 226 g/mol. The molecule has 0 heterocycles. The van der Waals surface area contributed by atoms with Crippen molar-refractivity contribution in [3.63, 3.8) is 0 Å². The Hall–Kier alpha value is -1.06.